The molecule has 3 aromatic carbocycles. The van der Waals surface area contributed by atoms with Crippen molar-refractivity contribution in [1.29, 1.82) is 0 Å². The Morgan fingerprint density at radius 2 is 1.63 bits per heavy atom. The minimum atomic E-state index is -0.232. The number of fused-ring (bicyclic) bond motifs is 1. The first-order valence-electron chi connectivity index (χ1n) is 10.2. The van der Waals surface area contributed by atoms with Crippen LogP contribution < -0.4 is 9.47 Å². The van der Waals surface area contributed by atoms with E-state index in [-0.39, 0.29) is 11.7 Å². The maximum atomic E-state index is 13.6. The summed E-state index contributed by atoms with van der Waals surface area (Å²) in [5.41, 5.74) is 4.29. The number of benzene rings is 3. The van der Waals surface area contributed by atoms with Gasteiger partial charge < -0.3 is 14.4 Å². The van der Waals surface area contributed by atoms with Gasteiger partial charge in [0, 0.05) is 23.6 Å². The lowest BCUT2D eigenvalue weighted by Crippen LogP contribution is -2.25. The van der Waals surface area contributed by atoms with E-state index in [0.717, 1.165) is 46.1 Å². The average molecular weight is 403 g/mol. The zero-order valence-electron chi connectivity index (χ0n) is 17.6. The van der Waals surface area contributed by atoms with Crippen LogP contribution in [0.15, 0.2) is 78.4 Å². The molecule has 1 atom stereocenters. The first-order chi connectivity index (χ1) is 14.6. The van der Waals surface area contributed by atoms with Crippen LogP contribution in [0.5, 0.6) is 11.5 Å². The molecule has 0 amide bonds. The van der Waals surface area contributed by atoms with Crippen molar-refractivity contribution in [3.05, 3.63) is 101 Å². The SMILES string of the molecule is CCOc1ccc(C2=C(CN(C)C)C(c3ccc(F)cc3)c3ccccc3O2)cc1. The van der Waals surface area contributed by atoms with Gasteiger partial charge in [-0.05, 0) is 74.6 Å². The minimum Gasteiger partial charge on any atom is -0.494 e. The van der Waals surface area contributed by atoms with Gasteiger partial charge in [-0.15, -0.1) is 0 Å². The number of hydrogen-bond acceptors (Lipinski definition) is 3. The second kappa shape index (κ2) is 8.72. The molecule has 0 bridgehead atoms. The molecule has 0 radical (unpaired) electrons. The molecule has 1 heterocycles. The van der Waals surface area contributed by atoms with Crippen LogP contribution in [0.2, 0.25) is 0 Å². The zero-order chi connectivity index (χ0) is 21.1. The molecular weight excluding hydrogens is 377 g/mol. The van der Waals surface area contributed by atoms with Gasteiger partial charge in [-0.25, -0.2) is 4.39 Å². The van der Waals surface area contributed by atoms with Crippen molar-refractivity contribution in [1.82, 2.24) is 4.90 Å². The summed E-state index contributed by atoms with van der Waals surface area (Å²) < 4.78 is 25.7. The maximum absolute atomic E-state index is 13.6. The van der Waals surface area contributed by atoms with Gasteiger partial charge in [0.25, 0.3) is 0 Å². The highest BCUT2D eigenvalue weighted by Gasteiger charge is 2.31. The average Bonchev–Trinajstić information content (AvgIpc) is 2.75. The van der Waals surface area contributed by atoms with E-state index in [1.54, 1.807) is 0 Å². The van der Waals surface area contributed by atoms with E-state index < -0.39 is 0 Å². The highest BCUT2D eigenvalue weighted by Crippen LogP contribution is 2.45. The summed E-state index contributed by atoms with van der Waals surface area (Å²) in [5.74, 6) is 2.27. The fraction of sp³-hybridized carbons (Fsp3) is 0.231. The van der Waals surface area contributed by atoms with Crippen LogP contribution in [0.25, 0.3) is 5.76 Å². The Labute approximate surface area is 177 Å². The number of ether oxygens (including phenoxy) is 2. The number of hydrogen-bond donors (Lipinski definition) is 0. The summed E-state index contributed by atoms with van der Waals surface area (Å²) in [6.45, 7) is 3.32. The summed E-state index contributed by atoms with van der Waals surface area (Å²) in [5, 5.41) is 0. The summed E-state index contributed by atoms with van der Waals surface area (Å²) in [4.78, 5) is 2.14. The lowest BCUT2D eigenvalue weighted by molar-refractivity contribution is 0.340. The van der Waals surface area contributed by atoms with Gasteiger partial charge in [0.1, 0.15) is 23.1 Å². The lowest BCUT2D eigenvalue weighted by Gasteiger charge is -2.33. The van der Waals surface area contributed by atoms with Gasteiger partial charge in [-0.3, -0.25) is 0 Å². The summed E-state index contributed by atoms with van der Waals surface area (Å²) in [7, 11) is 4.09. The third-order valence-electron chi connectivity index (χ3n) is 5.20. The second-order valence-corrected chi connectivity index (χ2v) is 7.67. The lowest BCUT2D eigenvalue weighted by atomic mass is 9.81. The number of nitrogens with zero attached hydrogens (tertiary/aromatic N) is 1. The monoisotopic (exact) mass is 403 g/mol. The molecule has 0 aromatic heterocycles. The van der Waals surface area contributed by atoms with Gasteiger partial charge in [-0.2, -0.15) is 0 Å². The Balaban J connectivity index is 1.88. The molecular formula is C26H26FNO2. The summed E-state index contributed by atoms with van der Waals surface area (Å²) >= 11 is 0. The predicted octanol–water partition coefficient (Wildman–Crippen LogP) is 5.72. The molecule has 0 fully saturated rings. The molecule has 1 aliphatic rings. The topological polar surface area (TPSA) is 21.7 Å². The maximum Gasteiger partial charge on any atom is 0.136 e. The molecule has 154 valence electrons. The van der Waals surface area contributed by atoms with Gasteiger partial charge in [0.15, 0.2) is 0 Å². The van der Waals surface area contributed by atoms with Crippen molar-refractivity contribution in [2.45, 2.75) is 12.8 Å². The van der Waals surface area contributed by atoms with E-state index in [9.17, 15) is 4.39 Å². The largest absolute Gasteiger partial charge is 0.494 e. The summed E-state index contributed by atoms with van der Waals surface area (Å²) in [6.07, 6.45) is 0. The van der Waals surface area contributed by atoms with Crippen LogP contribution in [0, 0.1) is 5.82 Å². The van der Waals surface area contributed by atoms with Gasteiger partial charge >= 0.3 is 0 Å². The van der Waals surface area contributed by atoms with Crippen LogP contribution in [0.4, 0.5) is 4.39 Å². The molecule has 0 saturated carbocycles. The zero-order valence-corrected chi connectivity index (χ0v) is 17.6. The van der Waals surface area contributed by atoms with Crippen molar-refractivity contribution in [2.24, 2.45) is 0 Å². The molecule has 4 rings (SSSR count). The van der Waals surface area contributed by atoms with Crippen molar-refractivity contribution < 1.29 is 13.9 Å². The van der Waals surface area contributed by atoms with Crippen LogP contribution in [-0.2, 0) is 0 Å². The molecule has 0 aliphatic carbocycles. The van der Waals surface area contributed by atoms with Gasteiger partial charge in [-0.1, -0.05) is 30.3 Å². The third-order valence-corrected chi connectivity index (χ3v) is 5.20. The number of likely N-dealkylation sites (N-methyl/N-ethyl adjacent to an activating group) is 1. The molecule has 1 unspecified atom stereocenters. The Morgan fingerprint density at radius 1 is 0.933 bits per heavy atom. The molecule has 3 aromatic rings. The van der Waals surface area contributed by atoms with E-state index in [2.05, 4.69) is 11.0 Å². The Bertz CT molecular complexity index is 1040. The van der Waals surface area contributed by atoms with Crippen molar-refractivity contribution in [3.63, 3.8) is 0 Å². The van der Waals surface area contributed by atoms with E-state index in [0.29, 0.717) is 6.61 Å². The molecule has 1 aliphatic heterocycles. The molecule has 0 N–H and O–H groups in total. The van der Waals surface area contributed by atoms with Gasteiger partial charge in [0.2, 0.25) is 0 Å². The first-order valence-corrected chi connectivity index (χ1v) is 10.2. The Morgan fingerprint density at radius 3 is 2.30 bits per heavy atom. The fourth-order valence-electron chi connectivity index (χ4n) is 3.96. The highest BCUT2D eigenvalue weighted by atomic mass is 19.1. The van der Waals surface area contributed by atoms with Crippen LogP contribution in [0.3, 0.4) is 0 Å². The number of para-hydroxylation sites is 1. The highest BCUT2D eigenvalue weighted by molar-refractivity contribution is 5.73. The van der Waals surface area contributed by atoms with Crippen molar-refractivity contribution in [2.75, 3.05) is 27.2 Å². The first kappa shape index (κ1) is 20.2. The predicted molar refractivity (Wildman–Crippen MR) is 118 cm³/mol. The number of halogens is 1. The van der Waals surface area contributed by atoms with E-state index in [4.69, 9.17) is 9.47 Å². The van der Waals surface area contributed by atoms with Gasteiger partial charge in [0.05, 0.1) is 6.61 Å². The van der Waals surface area contributed by atoms with Crippen LogP contribution in [0.1, 0.15) is 29.5 Å². The van der Waals surface area contributed by atoms with E-state index in [1.165, 1.54) is 12.1 Å². The molecule has 30 heavy (non-hydrogen) atoms. The minimum absolute atomic E-state index is 0.0143. The van der Waals surface area contributed by atoms with Crippen LogP contribution >= 0.6 is 0 Å². The van der Waals surface area contributed by atoms with E-state index >= 15 is 0 Å². The quantitative estimate of drug-likeness (QED) is 0.525. The Hall–Kier alpha value is -3.11. The standard InChI is InChI=1S/C26H26FNO2/c1-4-29-21-15-11-19(12-16-21)26-23(17-28(2)3)25(18-9-13-20(27)14-10-18)22-7-5-6-8-24(22)30-26/h5-16,25H,4,17H2,1-3H3. The molecule has 0 saturated heterocycles. The second-order valence-electron chi connectivity index (χ2n) is 7.67. The number of rotatable bonds is 6. The molecule has 3 nitrogen and oxygen atoms in total. The molecule has 0 spiro atoms. The fourth-order valence-corrected chi connectivity index (χ4v) is 3.96. The summed E-state index contributed by atoms with van der Waals surface area (Å²) in [6, 6.07) is 22.9. The van der Waals surface area contributed by atoms with E-state index in [1.807, 2.05) is 75.6 Å². The smallest absolute Gasteiger partial charge is 0.136 e. The molecule has 4 heteroatoms. The third kappa shape index (κ3) is 4.10. The van der Waals surface area contributed by atoms with Crippen LogP contribution in [-0.4, -0.2) is 32.1 Å². The van der Waals surface area contributed by atoms with Crippen molar-refractivity contribution in [3.8, 4) is 11.5 Å². The van der Waals surface area contributed by atoms with Crippen molar-refractivity contribution >= 4 is 5.76 Å². The normalized spacial score (nSPS) is 15.7. The Kier molecular flexibility index (Phi) is 5.86.